The lowest BCUT2D eigenvalue weighted by Gasteiger charge is -2.07. The maximum Gasteiger partial charge on any atom is 0.250 e. The van der Waals surface area contributed by atoms with Crippen LogP contribution in [0.3, 0.4) is 0 Å². The second-order valence-electron chi connectivity index (χ2n) is 4.60. The number of anilines is 1. The van der Waals surface area contributed by atoms with Crippen LogP contribution in [0.2, 0.25) is 0 Å². The summed E-state index contributed by atoms with van der Waals surface area (Å²) >= 11 is 0. The Morgan fingerprint density at radius 1 is 1.19 bits per heavy atom. The Labute approximate surface area is 121 Å². The van der Waals surface area contributed by atoms with Crippen LogP contribution in [0.4, 0.5) is 5.82 Å². The molecule has 2 heterocycles. The van der Waals surface area contributed by atoms with E-state index in [1.165, 1.54) is 0 Å². The number of benzene rings is 1. The number of H-pyrrole nitrogens is 1. The summed E-state index contributed by atoms with van der Waals surface area (Å²) in [6, 6.07) is 9.75. The lowest BCUT2D eigenvalue weighted by Crippen LogP contribution is -2.08. The van der Waals surface area contributed by atoms with Crippen molar-refractivity contribution in [3.8, 4) is 0 Å². The highest BCUT2D eigenvalue weighted by atomic mass is 32.2. The molecule has 0 atom stereocenters. The minimum atomic E-state index is -3.49. The van der Waals surface area contributed by atoms with Crippen LogP contribution in [0.25, 0.3) is 11.0 Å². The Kier molecular flexibility index (Phi) is 3.30. The summed E-state index contributed by atoms with van der Waals surface area (Å²) in [4.78, 5) is 8.05. The molecule has 7 nitrogen and oxygen atoms in total. The first kappa shape index (κ1) is 13.5. The number of sulfone groups is 1. The van der Waals surface area contributed by atoms with Gasteiger partial charge in [-0.2, -0.15) is 10.1 Å². The first-order chi connectivity index (χ1) is 10.0. The molecule has 0 fully saturated rings. The molecule has 3 rings (SSSR count). The van der Waals surface area contributed by atoms with E-state index in [1.54, 1.807) is 6.20 Å². The third-order valence-corrected chi connectivity index (χ3v) is 3.77. The second kappa shape index (κ2) is 5.13. The van der Waals surface area contributed by atoms with E-state index in [2.05, 4.69) is 25.5 Å². The highest BCUT2D eigenvalue weighted by molar-refractivity contribution is 7.90. The lowest BCUT2D eigenvalue weighted by atomic mass is 10.2. The van der Waals surface area contributed by atoms with Gasteiger partial charge in [0.25, 0.3) is 5.16 Å². The summed E-state index contributed by atoms with van der Waals surface area (Å²) in [5.41, 5.74) is 1.45. The molecule has 0 aliphatic rings. The van der Waals surface area contributed by atoms with Crippen LogP contribution < -0.4 is 5.32 Å². The Morgan fingerprint density at radius 3 is 2.67 bits per heavy atom. The molecule has 108 valence electrons. The van der Waals surface area contributed by atoms with Crippen LogP contribution in [0.5, 0.6) is 0 Å². The van der Waals surface area contributed by atoms with Gasteiger partial charge in [0, 0.05) is 12.8 Å². The number of fused-ring (bicyclic) bond motifs is 1. The van der Waals surface area contributed by atoms with Gasteiger partial charge in [-0.1, -0.05) is 30.3 Å². The Hall–Kier alpha value is -2.48. The molecule has 2 N–H and O–H groups in total. The SMILES string of the molecule is CS(=O)(=O)c1nc(NCc2ccccc2)c2cn[nH]c2n1. The molecule has 21 heavy (non-hydrogen) atoms. The zero-order chi connectivity index (χ0) is 14.9. The first-order valence-corrected chi connectivity index (χ1v) is 8.12. The smallest absolute Gasteiger partial charge is 0.250 e. The van der Waals surface area contributed by atoms with Gasteiger partial charge in [0.2, 0.25) is 9.84 Å². The summed E-state index contributed by atoms with van der Waals surface area (Å²) in [6.07, 6.45) is 2.64. The molecule has 3 aromatic rings. The second-order valence-corrected chi connectivity index (χ2v) is 6.51. The van der Waals surface area contributed by atoms with E-state index in [1.807, 2.05) is 30.3 Å². The third kappa shape index (κ3) is 2.84. The van der Waals surface area contributed by atoms with E-state index in [9.17, 15) is 8.42 Å². The molecule has 1 aromatic carbocycles. The van der Waals surface area contributed by atoms with Gasteiger partial charge in [0.15, 0.2) is 5.65 Å². The zero-order valence-corrected chi connectivity index (χ0v) is 12.1. The van der Waals surface area contributed by atoms with Gasteiger partial charge in [0.05, 0.1) is 11.6 Å². The monoisotopic (exact) mass is 303 g/mol. The normalized spacial score (nSPS) is 11.7. The molecule has 8 heteroatoms. The van der Waals surface area contributed by atoms with Crippen molar-refractivity contribution in [1.82, 2.24) is 20.2 Å². The van der Waals surface area contributed by atoms with Gasteiger partial charge in [-0.15, -0.1) is 0 Å². The first-order valence-electron chi connectivity index (χ1n) is 6.23. The minimum Gasteiger partial charge on any atom is -0.365 e. The molecule has 0 saturated carbocycles. The van der Waals surface area contributed by atoms with Crippen molar-refractivity contribution >= 4 is 26.7 Å². The Morgan fingerprint density at radius 2 is 1.95 bits per heavy atom. The van der Waals surface area contributed by atoms with Gasteiger partial charge in [0.1, 0.15) is 5.82 Å². The molecule has 0 aliphatic heterocycles. The molecular formula is C13H13N5O2S. The van der Waals surface area contributed by atoms with Crippen LogP contribution in [0.1, 0.15) is 5.56 Å². The molecule has 0 saturated heterocycles. The maximum absolute atomic E-state index is 11.6. The fraction of sp³-hybridized carbons (Fsp3) is 0.154. The number of rotatable bonds is 4. The van der Waals surface area contributed by atoms with E-state index in [-0.39, 0.29) is 5.16 Å². The number of aromatic amines is 1. The minimum absolute atomic E-state index is 0.227. The van der Waals surface area contributed by atoms with Gasteiger partial charge in [-0.05, 0) is 5.56 Å². The fourth-order valence-corrected chi connectivity index (χ4v) is 2.41. The van der Waals surface area contributed by atoms with E-state index >= 15 is 0 Å². The van der Waals surface area contributed by atoms with Crippen molar-refractivity contribution in [3.05, 3.63) is 42.1 Å². The molecular weight excluding hydrogens is 290 g/mol. The van der Waals surface area contributed by atoms with Crippen molar-refractivity contribution in [1.29, 1.82) is 0 Å². The highest BCUT2D eigenvalue weighted by Crippen LogP contribution is 2.20. The number of nitrogens with one attached hydrogen (secondary N) is 2. The summed E-state index contributed by atoms with van der Waals surface area (Å²) in [7, 11) is -3.49. The predicted molar refractivity (Wildman–Crippen MR) is 78.6 cm³/mol. The molecule has 0 amide bonds. The third-order valence-electron chi connectivity index (χ3n) is 2.92. The average molecular weight is 303 g/mol. The summed E-state index contributed by atoms with van der Waals surface area (Å²) in [5.74, 6) is 0.443. The van der Waals surface area contributed by atoms with Gasteiger partial charge >= 0.3 is 0 Å². The van der Waals surface area contributed by atoms with Crippen molar-refractivity contribution in [2.75, 3.05) is 11.6 Å². The van der Waals surface area contributed by atoms with Crippen LogP contribution in [-0.4, -0.2) is 34.8 Å². The van der Waals surface area contributed by atoms with E-state index in [0.717, 1.165) is 11.8 Å². The standard InChI is InChI=1S/C13H13N5O2S/c1-21(19,20)13-16-11(10-8-15-18-12(10)17-13)14-7-9-5-3-2-4-6-9/h2-6,8H,7H2,1H3,(H2,14,15,16,17,18). The quantitative estimate of drug-likeness (QED) is 0.706. The van der Waals surface area contributed by atoms with Crippen LogP contribution in [0, 0.1) is 0 Å². The van der Waals surface area contributed by atoms with Crippen LogP contribution >= 0.6 is 0 Å². The largest absolute Gasteiger partial charge is 0.365 e. The molecule has 0 aliphatic carbocycles. The zero-order valence-electron chi connectivity index (χ0n) is 11.2. The number of nitrogens with zero attached hydrogens (tertiary/aromatic N) is 3. The van der Waals surface area contributed by atoms with Crippen molar-refractivity contribution < 1.29 is 8.42 Å². The van der Waals surface area contributed by atoms with Crippen molar-refractivity contribution in [2.45, 2.75) is 11.7 Å². The number of hydrogen-bond acceptors (Lipinski definition) is 6. The lowest BCUT2D eigenvalue weighted by molar-refractivity contribution is 0.593. The molecule has 0 spiro atoms. The average Bonchev–Trinajstić information content (AvgIpc) is 2.93. The van der Waals surface area contributed by atoms with Gasteiger partial charge in [-0.3, -0.25) is 5.10 Å². The molecule has 0 bridgehead atoms. The molecule has 2 aromatic heterocycles. The van der Waals surface area contributed by atoms with Crippen LogP contribution in [0.15, 0.2) is 41.7 Å². The summed E-state index contributed by atoms with van der Waals surface area (Å²) in [5, 5.41) is 10.1. The van der Waals surface area contributed by atoms with Crippen molar-refractivity contribution in [3.63, 3.8) is 0 Å². The van der Waals surface area contributed by atoms with Crippen LogP contribution in [-0.2, 0) is 16.4 Å². The number of aromatic nitrogens is 4. The fourth-order valence-electron chi connectivity index (χ4n) is 1.90. The number of hydrogen-bond donors (Lipinski definition) is 2. The van der Waals surface area contributed by atoms with E-state index in [0.29, 0.717) is 23.4 Å². The topological polar surface area (TPSA) is 101 Å². The van der Waals surface area contributed by atoms with E-state index in [4.69, 9.17) is 0 Å². The highest BCUT2D eigenvalue weighted by Gasteiger charge is 2.16. The Bertz CT molecular complexity index is 874. The predicted octanol–water partition coefficient (Wildman–Crippen LogP) is 1.37. The summed E-state index contributed by atoms with van der Waals surface area (Å²) < 4.78 is 23.3. The Balaban J connectivity index is 1.99. The summed E-state index contributed by atoms with van der Waals surface area (Å²) in [6.45, 7) is 0.529. The van der Waals surface area contributed by atoms with Crippen molar-refractivity contribution in [2.24, 2.45) is 0 Å². The van der Waals surface area contributed by atoms with E-state index < -0.39 is 9.84 Å². The van der Waals surface area contributed by atoms with Gasteiger partial charge < -0.3 is 5.32 Å². The molecule has 0 unspecified atom stereocenters. The maximum atomic E-state index is 11.6. The van der Waals surface area contributed by atoms with Gasteiger partial charge in [-0.25, -0.2) is 13.4 Å². The molecule has 0 radical (unpaired) electrons.